The molecule has 36 heavy (non-hydrogen) atoms. The number of hydrogen-bond acceptors (Lipinski definition) is 8. The highest BCUT2D eigenvalue weighted by molar-refractivity contribution is 7.89. The van der Waals surface area contributed by atoms with Crippen molar-refractivity contribution in [3.05, 3.63) is 41.7 Å². The second kappa shape index (κ2) is 9.73. The number of piperazine rings is 1. The molecular formula is C20H19F6N5O4S. The fourth-order valence-electron chi connectivity index (χ4n) is 3.46. The van der Waals surface area contributed by atoms with Crippen LogP contribution in [0, 0.1) is 11.8 Å². The maximum atomic E-state index is 13.3. The number of aliphatic hydroxyl groups excluding tert-OH is 1. The van der Waals surface area contributed by atoms with Gasteiger partial charge in [-0.15, -0.1) is 0 Å². The number of rotatable bonds is 4. The molecule has 0 saturated carbocycles. The van der Waals surface area contributed by atoms with Gasteiger partial charge in [0.2, 0.25) is 10.0 Å². The van der Waals surface area contributed by atoms with Gasteiger partial charge < -0.3 is 20.8 Å². The van der Waals surface area contributed by atoms with E-state index in [2.05, 4.69) is 21.8 Å². The van der Waals surface area contributed by atoms with Gasteiger partial charge in [0, 0.05) is 44.1 Å². The van der Waals surface area contributed by atoms with Gasteiger partial charge in [-0.3, -0.25) is 0 Å². The lowest BCUT2D eigenvalue weighted by molar-refractivity contribution is -0.376. The fourth-order valence-corrected chi connectivity index (χ4v) is 4.82. The number of sulfonamides is 1. The molecule has 16 heteroatoms. The summed E-state index contributed by atoms with van der Waals surface area (Å²) in [5, 5.41) is 18.6. The Labute approximate surface area is 201 Å². The summed E-state index contributed by atoms with van der Waals surface area (Å²) in [7, 11) is -3.94. The third kappa shape index (κ3) is 5.05. The van der Waals surface area contributed by atoms with Gasteiger partial charge in [0.25, 0.3) is 5.60 Å². The number of nitrogens with zero attached hydrogens (tertiary/aromatic N) is 4. The van der Waals surface area contributed by atoms with Crippen molar-refractivity contribution in [3.8, 4) is 11.8 Å². The predicted molar refractivity (Wildman–Crippen MR) is 114 cm³/mol. The maximum absolute atomic E-state index is 13.3. The molecule has 1 fully saturated rings. The zero-order valence-corrected chi connectivity index (χ0v) is 19.0. The SMILES string of the molecule is Nc1ccc(S(=O)(=O)N2CCN(c3ncc(C(O)(C(F)(F)F)C(F)(F)F)cc3C#CCO)CC2)cn1. The van der Waals surface area contributed by atoms with Crippen LogP contribution < -0.4 is 10.6 Å². The Morgan fingerprint density at radius 3 is 2.11 bits per heavy atom. The summed E-state index contributed by atoms with van der Waals surface area (Å²) in [5.41, 5.74) is -1.77. The molecular weight excluding hydrogens is 520 g/mol. The van der Waals surface area contributed by atoms with E-state index >= 15 is 0 Å². The summed E-state index contributed by atoms with van der Waals surface area (Å²) >= 11 is 0. The van der Waals surface area contributed by atoms with Crippen molar-refractivity contribution in [1.82, 2.24) is 14.3 Å². The van der Waals surface area contributed by atoms with Gasteiger partial charge in [-0.1, -0.05) is 11.8 Å². The first kappa shape index (κ1) is 27.5. The molecule has 0 spiro atoms. The lowest BCUT2D eigenvalue weighted by Crippen LogP contribution is -2.54. The number of alkyl halides is 6. The van der Waals surface area contributed by atoms with Gasteiger partial charge in [0.1, 0.15) is 23.1 Å². The van der Waals surface area contributed by atoms with E-state index in [-0.39, 0.29) is 48.9 Å². The smallest absolute Gasteiger partial charge is 0.384 e. The van der Waals surface area contributed by atoms with Crippen LogP contribution in [0.4, 0.5) is 38.0 Å². The lowest BCUT2D eigenvalue weighted by atomic mass is 9.92. The maximum Gasteiger partial charge on any atom is 0.430 e. The van der Waals surface area contributed by atoms with Gasteiger partial charge in [0.05, 0.1) is 5.56 Å². The lowest BCUT2D eigenvalue weighted by Gasteiger charge is -2.36. The quantitative estimate of drug-likeness (QED) is 0.391. The van der Waals surface area contributed by atoms with Crippen molar-refractivity contribution in [2.75, 3.05) is 43.4 Å². The summed E-state index contributed by atoms with van der Waals surface area (Å²) in [6.07, 6.45) is -10.9. The van der Waals surface area contributed by atoms with Crippen LogP contribution in [0.2, 0.25) is 0 Å². The Bertz CT molecular complexity index is 1250. The summed E-state index contributed by atoms with van der Waals surface area (Å²) < 4.78 is 106. The molecule has 1 saturated heterocycles. The van der Waals surface area contributed by atoms with Gasteiger partial charge >= 0.3 is 12.4 Å². The van der Waals surface area contributed by atoms with Crippen LogP contribution in [0.1, 0.15) is 11.1 Å². The Kier molecular flexibility index (Phi) is 7.42. The molecule has 196 valence electrons. The van der Waals surface area contributed by atoms with Crippen molar-refractivity contribution >= 4 is 21.7 Å². The second-order valence-electron chi connectivity index (χ2n) is 7.57. The number of nitrogens with two attached hydrogens (primary N) is 1. The largest absolute Gasteiger partial charge is 0.430 e. The molecule has 0 bridgehead atoms. The zero-order chi connectivity index (χ0) is 26.9. The molecule has 1 aliphatic heterocycles. The van der Waals surface area contributed by atoms with E-state index in [0.717, 1.165) is 10.5 Å². The first-order valence-electron chi connectivity index (χ1n) is 10.1. The number of hydrogen-bond donors (Lipinski definition) is 3. The minimum absolute atomic E-state index is 0.0371. The van der Waals surface area contributed by atoms with Gasteiger partial charge in [0.15, 0.2) is 0 Å². The van der Waals surface area contributed by atoms with Crippen LogP contribution >= 0.6 is 0 Å². The van der Waals surface area contributed by atoms with Crippen LogP contribution in [0.25, 0.3) is 0 Å². The van der Waals surface area contributed by atoms with Crippen molar-refractivity contribution in [1.29, 1.82) is 0 Å². The number of nitrogen functional groups attached to an aromatic ring is 1. The highest BCUT2D eigenvalue weighted by Crippen LogP contribution is 2.50. The van der Waals surface area contributed by atoms with Gasteiger partial charge in [-0.2, -0.15) is 30.6 Å². The molecule has 0 atom stereocenters. The molecule has 1 aliphatic rings. The van der Waals surface area contributed by atoms with Crippen LogP contribution in [-0.2, 0) is 15.6 Å². The summed E-state index contributed by atoms with van der Waals surface area (Å²) in [6, 6.07) is 2.98. The summed E-state index contributed by atoms with van der Waals surface area (Å²) in [4.78, 5) is 8.74. The monoisotopic (exact) mass is 539 g/mol. The van der Waals surface area contributed by atoms with E-state index in [1.54, 1.807) is 0 Å². The Balaban J connectivity index is 1.93. The molecule has 0 radical (unpaired) electrons. The average molecular weight is 539 g/mol. The average Bonchev–Trinajstić information content (AvgIpc) is 2.81. The minimum Gasteiger partial charge on any atom is -0.384 e. The summed E-state index contributed by atoms with van der Waals surface area (Å²) in [6.45, 7) is -1.03. The minimum atomic E-state index is -6.12. The number of aromatic nitrogens is 2. The predicted octanol–water partition coefficient (Wildman–Crippen LogP) is 1.23. The van der Waals surface area contributed by atoms with Crippen molar-refractivity contribution in [2.24, 2.45) is 0 Å². The molecule has 0 aliphatic carbocycles. The summed E-state index contributed by atoms with van der Waals surface area (Å²) in [5.74, 6) is 4.35. The second-order valence-corrected chi connectivity index (χ2v) is 9.51. The van der Waals surface area contributed by atoms with Crippen LogP contribution in [0.3, 0.4) is 0 Å². The topological polar surface area (TPSA) is 133 Å². The van der Waals surface area contributed by atoms with Crippen LogP contribution in [0.5, 0.6) is 0 Å². The molecule has 9 nitrogen and oxygen atoms in total. The van der Waals surface area contributed by atoms with Crippen LogP contribution in [-0.4, -0.2) is 78.0 Å². The molecule has 2 aromatic rings. The molecule has 4 N–H and O–H groups in total. The number of anilines is 2. The van der Waals surface area contributed by atoms with Gasteiger partial charge in [-0.25, -0.2) is 18.4 Å². The highest BCUT2D eigenvalue weighted by Gasteiger charge is 2.71. The third-order valence-corrected chi connectivity index (χ3v) is 7.22. The van der Waals surface area contributed by atoms with Crippen molar-refractivity contribution in [2.45, 2.75) is 22.8 Å². The molecule has 2 aromatic heterocycles. The fraction of sp³-hybridized carbons (Fsp3) is 0.400. The molecule has 3 rings (SSSR count). The first-order valence-corrected chi connectivity index (χ1v) is 11.5. The Morgan fingerprint density at radius 2 is 1.61 bits per heavy atom. The number of halogens is 6. The third-order valence-electron chi connectivity index (χ3n) is 5.34. The molecule has 0 amide bonds. The Hall–Kier alpha value is -3.13. The van der Waals surface area contributed by atoms with E-state index in [1.165, 1.54) is 17.0 Å². The molecule has 0 unspecified atom stereocenters. The van der Waals surface area contributed by atoms with Crippen LogP contribution in [0.15, 0.2) is 35.5 Å². The van der Waals surface area contributed by atoms with E-state index in [9.17, 15) is 39.9 Å². The van der Waals surface area contributed by atoms with E-state index < -0.39 is 45.7 Å². The zero-order valence-electron chi connectivity index (χ0n) is 18.2. The number of pyridine rings is 2. The van der Waals surface area contributed by atoms with E-state index in [0.29, 0.717) is 6.07 Å². The highest BCUT2D eigenvalue weighted by atomic mass is 32.2. The van der Waals surface area contributed by atoms with Crippen molar-refractivity contribution < 1.29 is 45.0 Å². The normalized spacial score (nSPS) is 15.9. The standard InChI is InChI=1S/C20H19F6N5O4S/c21-19(22,23)18(33,20(24,25)26)14-10-13(2-1-9-32)17(29-11-14)30-5-7-31(8-6-30)36(34,35)15-3-4-16(27)28-12-15/h3-4,10-12,32-33H,5-9H2,(H2,27,28). The first-order chi connectivity index (χ1) is 16.6. The van der Waals surface area contributed by atoms with Crippen molar-refractivity contribution in [3.63, 3.8) is 0 Å². The van der Waals surface area contributed by atoms with E-state index in [4.69, 9.17) is 10.8 Å². The molecule has 3 heterocycles. The van der Waals surface area contributed by atoms with Gasteiger partial charge in [-0.05, 0) is 18.2 Å². The molecule has 0 aromatic carbocycles. The number of aliphatic hydroxyl groups is 2. The Morgan fingerprint density at radius 1 is 1.00 bits per heavy atom. The van der Waals surface area contributed by atoms with E-state index in [1.807, 2.05) is 0 Å².